The minimum Gasteiger partial charge on any atom is -0.396 e. The van der Waals surface area contributed by atoms with Crippen LogP contribution in [0.4, 0.5) is 0 Å². The van der Waals surface area contributed by atoms with Crippen molar-refractivity contribution in [2.24, 2.45) is 10.8 Å². The highest BCUT2D eigenvalue weighted by atomic mass is 35.5. The van der Waals surface area contributed by atoms with Gasteiger partial charge >= 0.3 is 0 Å². The lowest BCUT2D eigenvalue weighted by atomic mass is 9.85. The Balaban J connectivity index is 2.26. The molecule has 2 nitrogen and oxygen atoms in total. The number of benzene rings is 2. The molecule has 0 heterocycles. The van der Waals surface area contributed by atoms with Crippen LogP contribution >= 0.6 is 23.2 Å². The molecule has 0 aliphatic rings. The smallest absolute Gasteiger partial charge is 0.0485 e. The van der Waals surface area contributed by atoms with Gasteiger partial charge in [0.2, 0.25) is 0 Å². The van der Waals surface area contributed by atoms with E-state index >= 15 is 0 Å². The number of halogens is 2. The van der Waals surface area contributed by atoms with Crippen molar-refractivity contribution >= 4 is 23.2 Å². The van der Waals surface area contributed by atoms with Gasteiger partial charge in [-0.2, -0.15) is 0 Å². The van der Waals surface area contributed by atoms with Crippen LogP contribution in [0.5, 0.6) is 0 Å². The van der Waals surface area contributed by atoms with Crippen LogP contribution in [0.1, 0.15) is 38.8 Å². The topological polar surface area (TPSA) is 40.5 Å². The summed E-state index contributed by atoms with van der Waals surface area (Å²) in [5, 5.41) is 20.3. The standard InChI is InChI=1S/C22H28Cl2O2/c1-21(2,13-25)11-17-7-5-15(9-19(17)23)16-6-8-18(20(24)10-16)12-22(3,4)14-26/h5-10,25-26H,11-14H2,1-4H3. The third-order valence-corrected chi connectivity index (χ3v) is 5.34. The van der Waals surface area contributed by atoms with Crippen molar-refractivity contribution in [2.45, 2.75) is 40.5 Å². The molecule has 2 rings (SSSR count). The van der Waals surface area contributed by atoms with E-state index in [1.807, 2.05) is 64.1 Å². The van der Waals surface area contributed by atoms with Crippen molar-refractivity contribution < 1.29 is 10.2 Å². The van der Waals surface area contributed by atoms with E-state index < -0.39 is 0 Å². The number of hydrogen-bond donors (Lipinski definition) is 2. The predicted octanol–water partition coefficient (Wildman–Crippen LogP) is 5.78. The summed E-state index contributed by atoms with van der Waals surface area (Å²) in [7, 11) is 0. The van der Waals surface area contributed by atoms with E-state index in [2.05, 4.69) is 0 Å². The van der Waals surface area contributed by atoms with Gasteiger partial charge in [0, 0.05) is 23.3 Å². The van der Waals surface area contributed by atoms with Gasteiger partial charge in [-0.15, -0.1) is 0 Å². The quantitative estimate of drug-likeness (QED) is 0.624. The summed E-state index contributed by atoms with van der Waals surface area (Å²) < 4.78 is 0. The van der Waals surface area contributed by atoms with Gasteiger partial charge in [-0.25, -0.2) is 0 Å². The molecule has 2 aromatic carbocycles. The highest BCUT2D eigenvalue weighted by Gasteiger charge is 2.20. The van der Waals surface area contributed by atoms with Crippen molar-refractivity contribution in [3.63, 3.8) is 0 Å². The summed E-state index contributed by atoms with van der Waals surface area (Å²) in [5.41, 5.74) is 3.68. The highest BCUT2D eigenvalue weighted by molar-refractivity contribution is 6.32. The maximum absolute atomic E-state index is 9.46. The molecule has 0 atom stereocenters. The van der Waals surface area contributed by atoms with E-state index in [9.17, 15) is 10.2 Å². The zero-order chi connectivity index (χ0) is 19.5. The Hall–Kier alpha value is -1.06. The molecule has 0 saturated heterocycles. The van der Waals surface area contributed by atoms with Gasteiger partial charge < -0.3 is 10.2 Å². The molecule has 0 radical (unpaired) electrons. The molecule has 2 N–H and O–H groups in total. The van der Waals surface area contributed by atoms with Crippen LogP contribution < -0.4 is 0 Å². The van der Waals surface area contributed by atoms with E-state index in [1.54, 1.807) is 0 Å². The normalized spacial score (nSPS) is 12.5. The second-order valence-electron chi connectivity index (χ2n) is 8.61. The van der Waals surface area contributed by atoms with Crippen molar-refractivity contribution in [1.29, 1.82) is 0 Å². The molecule has 0 aliphatic carbocycles. The van der Waals surface area contributed by atoms with Crippen molar-refractivity contribution in [2.75, 3.05) is 13.2 Å². The SMILES string of the molecule is CC(C)(CO)Cc1ccc(-c2ccc(CC(C)(C)CO)c(Cl)c2)cc1Cl. The molecule has 0 saturated carbocycles. The van der Waals surface area contributed by atoms with Crippen molar-refractivity contribution in [1.82, 2.24) is 0 Å². The van der Waals surface area contributed by atoms with Crippen molar-refractivity contribution in [3.05, 3.63) is 57.6 Å². The maximum atomic E-state index is 9.46. The molecule has 0 fully saturated rings. The van der Waals surface area contributed by atoms with Gasteiger partial charge in [-0.1, -0.05) is 75.2 Å². The first-order chi connectivity index (χ1) is 12.1. The average Bonchev–Trinajstić information content (AvgIpc) is 2.58. The molecular weight excluding hydrogens is 367 g/mol. The molecule has 0 unspecified atom stereocenters. The molecule has 0 aliphatic heterocycles. The fraction of sp³-hybridized carbons (Fsp3) is 0.455. The summed E-state index contributed by atoms with van der Waals surface area (Å²) in [6.07, 6.45) is 1.44. The monoisotopic (exact) mass is 394 g/mol. The molecular formula is C22H28Cl2O2. The lowest BCUT2D eigenvalue weighted by molar-refractivity contribution is 0.159. The van der Waals surface area contributed by atoms with Crippen LogP contribution in [0.2, 0.25) is 10.0 Å². The van der Waals surface area contributed by atoms with Crippen LogP contribution in [-0.2, 0) is 12.8 Å². The van der Waals surface area contributed by atoms with Gasteiger partial charge in [0.05, 0.1) is 0 Å². The van der Waals surface area contributed by atoms with Crippen LogP contribution in [0.15, 0.2) is 36.4 Å². The molecule has 2 aromatic rings. The predicted molar refractivity (Wildman–Crippen MR) is 111 cm³/mol. The first kappa shape index (κ1) is 21.2. The van der Waals surface area contributed by atoms with Gasteiger partial charge in [-0.3, -0.25) is 0 Å². The molecule has 0 spiro atoms. The Morgan fingerprint density at radius 3 is 1.31 bits per heavy atom. The molecule has 0 bridgehead atoms. The largest absolute Gasteiger partial charge is 0.396 e. The van der Waals surface area contributed by atoms with E-state index in [0.717, 1.165) is 35.1 Å². The fourth-order valence-electron chi connectivity index (χ4n) is 2.88. The van der Waals surface area contributed by atoms with Gasteiger partial charge in [0.15, 0.2) is 0 Å². The molecule has 142 valence electrons. The Morgan fingerprint density at radius 2 is 1.04 bits per heavy atom. The average molecular weight is 395 g/mol. The second kappa shape index (κ2) is 8.31. The fourth-order valence-corrected chi connectivity index (χ4v) is 3.38. The lowest BCUT2D eigenvalue weighted by Crippen LogP contribution is -2.20. The lowest BCUT2D eigenvalue weighted by Gasteiger charge is -2.23. The molecule has 0 amide bonds. The number of hydrogen-bond acceptors (Lipinski definition) is 2. The van der Waals surface area contributed by atoms with E-state index in [4.69, 9.17) is 23.2 Å². The zero-order valence-electron chi connectivity index (χ0n) is 15.9. The van der Waals surface area contributed by atoms with Gasteiger partial charge in [0.25, 0.3) is 0 Å². The first-order valence-corrected chi connectivity index (χ1v) is 9.61. The van der Waals surface area contributed by atoms with E-state index in [-0.39, 0.29) is 24.0 Å². The minimum absolute atomic E-state index is 0.117. The highest BCUT2D eigenvalue weighted by Crippen LogP contribution is 2.33. The number of rotatable bonds is 7. The van der Waals surface area contributed by atoms with Crippen molar-refractivity contribution in [3.8, 4) is 11.1 Å². The number of aliphatic hydroxyl groups is 2. The molecule has 0 aromatic heterocycles. The third-order valence-electron chi connectivity index (χ3n) is 4.63. The molecule has 4 heteroatoms. The Labute approximate surface area is 166 Å². The Bertz CT molecular complexity index is 701. The summed E-state index contributed by atoms with van der Waals surface area (Å²) in [6, 6.07) is 12.0. The zero-order valence-corrected chi connectivity index (χ0v) is 17.5. The summed E-state index contributed by atoms with van der Waals surface area (Å²) >= 11 is 13.0. The summed E-state index contributed by atoms with van der Waals surface area (Å²) in [4.78, 5) is 0. The maximum Gasteiger partial charge on any atom is 0.0485 e. The van der Waals surface area contributed by atoms with Crippen LogP contribution in [0, 0.1) is 10.8 Å². The Kier molecular flexibility index (Phi) is 6.79. The molecule has 26 heavy (non-hydrogen) atoms. The number of aliphatic hydroxyl groups excluding tert-OH is 2. The van der Waals surface area contributed by atoms with Crippen LogP contribution in [-0.4, -0.2) is 23.4 Å². The van der Waals surface area contributed by atoms with Crippen LogP contribution in [0.25, 0.3) is 11.1 Å². The Morgan fingerprint density at radius 1 is 0.692 bits per heavy atom. The second-order valence-corrected chi connectivity index (χ2v) is 9.42. The third kappa shape index (κ3) is 5.47. The summed E-state index contributed by atoms with van der Waals surface area (Å²) in [5.74, 6) is 0. The summed E-state index contributed by atoms with van der Waals surface area (Å²) in [6.45, 7) is 8.30. The first-order valence-electron chi connectivity index (χ1n) is 8.86. The van der Waals surface area contributed by atoms with Crippen LogP contribution in [0.3, 0.4) is 0 Å². The minimum atomic E-state index is -0.199. The van der Waals surface area contributed by atoms with E-state index in [0.29, 0.717) is 10.0 Å². The van der Waals surface area contributed by atoms with E-state index in [1.165, 1.54) is 0 Å². The van der Waals surface area contributed by atoms with Gasteiger partial charge in [0.1, 0.15) is 0 Å². The van der Waals surface area contributed by atoms with Gasteiger partial charge in [-0.05, 0) is 58.1 Å².